The molecule has 1 aromatic heterocycles. The second-order valence-corrected chi connectivity index (χ2v) is 8.91. The van der Waals surface area contributed by atoms with Crippen LogP contribution in [0.3, 0.4) is 0 Å². The quantitative estimate of drug-likeness (QED) is 0.560. The van der Waals surface area contributed by atoms with Gasteiger partial charge in [0.05, 0.1) is 5.56 Å². The normalized spacial score (nSPS) is 18.8. The molecule has 0 atom stereocenters. The minimum absolute atomic E-state index is 0.162. The fourth-order valence-electron chi connectivity index (χ4n) is 5.15. The minimum Gasteiger partial charge on any atom is -0.310 e. The predicted molar refractivity (Wildman–Crippen MR) is 121 cm³/mol. The molecule has 6 nitrogen and oxygen atoms in total. The maximum atomic E-state index is 13.4. The number of alkyl halides is 3. The van der Waals surface area contributed by atoms with Crippen LogP contribution in [-0.4, -0.2) is 63.3 Å². The molecule has 0 N–H and O–H groups in total. The number of likely N-dealkylation sites (tertiary alicyclic amines) is 1. The van der Waals surface area contributed by atoms with Crippen molar-refractivity contribution in [2.45, 2.75) is 50.9 Å². The number of halogens is 3. The SMILES string of the molecule is CCN1C(=O)N(CCCc2cccnc2)C(=O)C12CCN(Cc1ccccc1C(F)(F)F)CC2. The molecule has 3 heterocycles. The van der Waals surface area contributed by atoms with Gasteiger partial charge in [0.15, 0.2) is 0 Å². The van der Waals surface area contributed by atoms with E-state index in [0.717, 1.165) is 18.1 Å². The van der Waals surface area contributed by atoms with Crippen LogP contribution in [0.15, 0.2) is 48.8 Å². The van der Waals surface area contributed by atoms with Gasteiger partial charge < -0.3 is 4.90 Å². The van der Waals surface area contributed by atoms with Crippen LogP contribution in [0.5, 0.6) is 0 Å². The number of hydrogen-bond donors (Lipinski definition) is 0. The summed E-state index contributed by atoms with van der Waals surface area (Å²) in [4.78, 5) is 35.5. The number of likely N-dealkylation sites (N-methyl/N-ethyl adjacent to an activating group) is 1. The zero-order valence-electron chi connectivity index (χ0n) is 19.2. The third-order valence-corrected chi connectivity index (χ3v) is 6.91. The van der Waals surface area contributed by atoms with Gasteiger partial charge in [0.1, 0.15) is 5.54 Å². The van der Waals surface area contributed by atoms with E-state index < -0.39 is 17.3 Å². The number of aromatic nitrogens is 1. The van der Waals surface area contributed by atoms with E-state index in [1.165, 1.54) is 17.0 Å². The predicted octanol–water partition coefficient (Wildman–Crippen LogP) is 4.35. The molecule has 2 aliphatic rings. The van der Waals surface area contributed by atoms with Crippen LogP contribution in [-0.2, 0) is 23.9 Å². The van der Waals surface area contributed by atoms with Gasteiger partial charge in [-0.15, -0.1) is 0 Å². The number of urea groups is 1. The molecule has 3 amide bonds. The van der Waals surface area contributed by atoms with E-state index in [-0.39, 0.29) is 24.0 Å². The number of hydrogen-bond acceptors (Lipinski definition) is 4. The highest BCUT2D eigenvalue weighted by Crippen LogP contribution is 2.38. The Morgan fingerprint density at radius 3 is 2.44 bits per heavy atom. The van der Waals surface area contributed by atoms with Gasteiger partial charge in [0.25, 0.3) is 5.91 Å². The summed E-state index contributed by atoms with van der Waals surface area (Å²) in [6.07, 6.45) is 1.27. The van der Waals surface area contributed by atoms with Gasteiger partial charge in [-0.05, 0) is 55.9 Å². The van der Waals surface area contributed by atoms with E-state index in [1.54, 1.807) is 23.4 Å². The van der Waals surface area contributed by atoms with Crippen molar-refractivity contribution in [2.24, 2.45) is 0 Å². The summed E-state index contributed by atoms with van der Waals surface area (Å²) in [5, 5.41) is 0. The van der Waals surface area contributed by atoms with Crippen LogP contribution in [0.4, 0.5) is 18.0 Å². The van der Waals surface area contributed by atoms with Gasteiger partial charge in [-0.25, -0.2) is 4.79 Å². The first-order valence-electron chi connectivity index (χ1n) is 11.7. The molecule has 0 saturated carbocycles. The van der Waals surface area contributed by atoms with Gasteiger partial charge in [0, 0.05) is 45.1 Å². The maximum Gasteiger partial charge on any atom is 0.416 e. The van der Waals surface area contributed by atoms with Crippen LogP contribution < -0.4 is 0 Å². The van der Waals surface area contributed by atoms with Gasteiger partial charge in [-0.1, -0.05) is 24.3 Å². The average Bonchev–Trinajstić information content (AvgIpc) is 3.01. The lowest BCUT2D eigenvalue weighted by Gasteiger charge is -2.42. The molecule has 1 aromatic carbocycles. The second kappa shape index (κ2) is 9.74. The molecule has 2 saturated heterocycles. The second-order valence-electron chi connectivity index (χ2n) is 8.91. The number of aryl methyl sites for hydroxylation is 1. The summed E-state index contributed by atoms with van der Waals surface area (Å²) >= 11 is 0. The Kier molecular flexibility index (Phi) is 6.93. The van der Waals surface area contributed by atoms with Gasteiger partial charge in [-0.3, -0.25) is 19.6 Å². The number of carbonyl (C=O) groups excluding carboxylic acids is 2. The zero-order valence-corrected chi connectivity index (χ0v) is 19.2. The first-order chi connectivity index (χ1) is 16.3. The lowest BCUT2D eigenvalue weighted by molar-refractivity contribution is -0.138. The van der Waals surface area contributed by atoms with Gasteiger partial charge in [-0.2, -0.15) is 13.2 Å². The molecule has 0 radical (unpaired) electrons. The Bertz CT molecular complexity index is 1020. The zero-order chi connectivity index (χ0) is 24.3. The van der Waals surface area contributed by atoms with Crippen molar-refractivity contribution in [3.63, 3.8) is 0 Å². The third kappa shape index (κ3) is 4.66. The average molecular weight is 475 g/mol. The van der Waals surface area contributed by atoms with E-state index in [4.69, 9.17) is 0 Å². The topological polar surface area (TPSA) is 56.8 Å². The summed E-state index contributed by atoms with van der Waals surface area (Å²) in [7, 11) is 0. The monoisotopic (exact) mass is 474 g/mol. The van der Waals surface area contributed by atoms with Crippen LogP contribution >= 0.6 is 0 Å². The number of rotatable bonds is 7. The van der Waals surface area contributed by atoms with Gasteiger partial charge >= 0.3 is 12.2 Å². The fraction of sp³-hybridized carbons (Fsp3) is 0.480. The third-order valence-electron chi connectivity index (χ3n) is 6.91. The number of amides is 3. The highest BCUT2D eigenvalue weighted by atomic mass is 19.4. The first kappa shape index (κ1) is 24.2. The molecular weight excluding hydrogens is 445 g/mol. The Balaban J connectivity index is 1.41. The number of nitrogens with zero attached hydrogens (tertiary/aromatic N) is 4. The number of benzene rings is 1. The van der Waals surface area contributed by atoms with Crippen LogP contribution in [0, 0.1) is 0 Å². The molecule has 0 bridgehead atoms. The number of pyridine rings is 1. The Morgan fingerprint density at radius 1 is 1.06 bits per heavy atom. The molecule has 182 valence electrons. The molecule has 4 rings (SSSR count). The molecule has 9 heteroatoms. The molecular formula is C25H29F3N4O2. The molecule has 0 unspecified atom stereocenters. The minimum atomic E-state index is -4.41. The maximum absolute atomic E-state index is 13.4. The van der Waals surface area contributed by atoms with Crippen molar-refractivity contribution in [1.82, 2.24) is 19.7 Å². The largest absolute Gasteiger partial charge is 0.416 e. The summed E-state index contributed by atoms with van der Waals surface area (Å²) < 4.78 is 40.1. The first-order valence-corrected chi connectivity index (χ1v) is 11.7. The Labute approximate surface area is 197 Å². The number of piperidine rings is 1. The van der Waals surface area contributed by atoms with Crippen molar-refractivity contribution in [3.8, 4) is 0 Å². The molecule has 2 aromatic rings. The lowest BCUT2D eigenvalue weighted by atomic mass is 9.85. The van der Waals surface area contributed by atoms with E-state index in [9.17, 15) is 22.8 Å². The van der Waals surface area contributed by atoms with Crippen LogP contribution in [0.2, 0.25) is 0 Å². The Morgan fingerprint density at radius 2 is 1.79 bits per heavy atom. The molecule has 1 spiro atoms. The molecule has 2 aliphatic heterocycles. The standard InChI is InChI=1S/C25H29F3N4O2/c1-2-32-23(34)31(14-6-8-19-7-5-13-29-17-19)22(33)24(32)11-15-30(16-12-24)18-20-9-3-4-10-21(20)25(26,27)28/h3-5,7,9-10,13,17H,2,6,8,11-12,14-16,18H2,1H3. The van der Waals surface area contributed by atoms with Crippen molar-refractivity contribution in [1.29, 1.82) is 0 Å². The van der Waals surface area contributed by atoms with Gasteiger partial charge in [0.2, 0.25) is 0 Å². The van der Waals surface area contributed by atoms with E-state index in [1.807, 2.05) is 24.0 Å². The molecule has 2 fully saturated rings. The molecule has 34 heavy (non-hydrogen) atoms. The summed E-state index contributed by atoms with van der Waals surface area (Å²) in [5.41, 5.74) is -0.252. The van der Waals surface area contributed by atoms with Crippen LogP contribution in [0.25, 0.3) is 0 Å². The van der Waals surface area contributed by atoms with E-state index in [0.29, 0.717) is 45.4 Å². The Hall–Kier alpha value is -2.94. The van der Waals surface area contributed by atoms with E-state index >= 15 is 0 Å². The number of imide groups is 1. The van der Waals surface area contributed by atoms with Crippen molar-refractivity contribution >= 4 is 11.9 Å². The highest BCUT2D eigenvalue weighted by Gasteiger charge is 2.57. The summed E-state index contributed by atoms with van der Waals surface area (Å²) in [5.74, 6) is -0.180. The van der Waals surface area contributed by atoms with Crippen LogP contribution in [0.1, 0.15) is 42.9 Å². The smallest absolute Gasteiger partial charge is 0.310 e. The fourth-order valence-corrected chi connectivity index (χ4v) is 5.15. The number of carbonyl (C=O) groups is 2. The summed E-state index contributed by atoms with van der Waals surface area (Å²) in [6.45, 7) is 3.68. The van der Waals surface area contributed by atoms with E-state index in [2.05, 4.69) is 4.98 Å². The van der Waals surface area contributed by atoms with Crippen molar-refractivity contribution in [2.75, 3.05) is 26.2 Å². The highest BCUT2D eigenvalue weighted by molar-refractivity contribution is 6.07. The summed E-state index contributed by atoms with van der Waals surface area (Å²) in [6, 6.07) is 9.15. The lowest BCUT2D eigenvalue weighted by Crippen LogP contribution is -2.56. The van der Waals surface area contributed by atoms with Crippen molar-refractivity contribution in [3.05, 3.63) is 65.5 Å². The molecule has 0 aliphatic carbocycles. The van der Waals surface area contributed by atoms with Crippen molar-refractivity contribution < 1.29 is 22.8 Å².